The van der Waals surface area contributed by atoms with E-state index in [0.717, 1.165) is 31.0 Å². The van der Waals surface area contributed by atoms with Crippen LogP contribution in [-0.4, -0.2) is 34.3 Å². The summed E-state index contributed by atoms with van der Waals surface area (Å²) in [5.74, 6) is 1.23. The number of aromatic nitrogens is 3. The molecule has 2 N–H and O–H groups in total. The Kier molecular flexibility index (Phi) is 6.14. The third-order valence-electron chi connectivity index (χ3n) is 3.82. The Bertz CT molecular complexity index is 594. The van der Waals surface area contributed by atoms with Gasteiger partial charge in [0.05, 0.1) is 6.20 Å². The van der Waals surface area contributed by atoms with Gasteiger partial charge in [0.2, 0.25) is 5.95 Å². The summed E-state index contributed by atoms with van der Waals surface area (Å²) in [6, 6.07) is 8.62. The van der Waals surface area contributed by atoms with Gasteiger partial charge in [-0.25, -0.2) is 0 Å². The fourth-order valence-corrected chi connectivity index (χ4v) is 2.25. The van der Waals surface area contributed by atoms with Crippen LogP contribution < -0.4 is 15.5 Å². The quantitative estimate of drug-likeness (QED) is 0.775. The number of anilines is 4. The van der Waals surface area contributed by atoms with Crippen LogP contribution in [0.15, 0.2) is 30.5 Å². The minimum Gasteiger partial charge on any atom is -0.372 e. The fourth-order valence-electron chi connectivity index (χ4n) is 2.25. The minimum atomic E-state index is 0.355. The molecule has 1 aromatic heterocycles. The van der Waals surface area contributed by atoms with E-state index in [-0.39, 0.29) is 0 Å². The van der Waals surface area contributed by atoms with Crippen LogP contribution in [0.3, 0.4) is 0 Å². The van der Waals surface area contributed by atoms with Gasteiger partial charge in [0.25, 0.3) is 0 Å². The van der Waals surface area contributed by atoms with Gasteiger partial charge in [-0.3, -0.25) is 0 Å². The van der Waals surface area contributed by atoms with Crippen LogP contribution in [-0.2, 0) is 0 Å². The largest absolute Gasteiger partial charge is 0.372 e. The van der Waals surface area contributed by atoms with Gasteiger partial charge in [-0.1, -0.05) is 6.92 Å². The van der Waals surface area contributed by atoms with Crippen molar-refractivity contribution in [1.82, 2.24) is 15.2 Å². The summed E-state index contributed by atoms with van der Waals surface area (Å²) in [5, 5.41) is 14.5. The van der Waals surface area contributed by atoms with E-state index >= 15 is 0 Å². The first-order valence-electron chi connectivity index (χ1n) is 8.24. The molecular weight excluding hydrogens is 288 g/mol. The lowest BCUT2D eigenvalue weighted by molar-refractivity contribution is 0.755. The van der Waals surface area contributed by atoms with Gasteiger partial charge < -0.3 is 15.5 Å². The molecule has 2 aromatic rings. The van der Waals surface area contributed by atoms with Gasteiger partial charge in [0.15, 0.2) is 5.82 Å². The number of benzene rings is 1. The molecule has 1 unspecified atom stereocenters. The van der Waals surface area contributed by atoms with Crippen LogP contribution in [0.1, 0.15) is 34.1 Å². The van der Waals surface area contributed by atoms with Crippen LogP contribution in [0.5, 0.6) is 0 Å². The summed E-state index contributed by atoms with van der Waals surface area (Å²) >= 11 is 0. The second-order valence-electron chi connectivity index (χ2n) is 5.46. The Labute approximate surface area is 138 Å². The molecule has 0 fully saturated rings. The number of rotatable bonds is 8. The second-order valence-corrected chi connectivity index (χ2v) is 5.46. The lowest BCUT2D eigenvalue weighted by atomic mass is 10.2. The highest BCUT2D eigenvalue weighted by Gasteiger charge is 2.05. The lowest BCUT2D eigenvalue weighted by Gasteiger charge is -2.21. The molecule has 0 aliphatic heterocycles. The van der Waals surface area contributed by atoms with Gasteiger partial charge in [0.1, 0.15) is 0 Å². The van der Waals surface area contributed by atoms with E-state index in [1.165, 1.54) is 5.69 Å². The monoisotopic (exact) mass is 314 g/mol. The maximum atomic E-state index is 4.44. The average Bonchev–Trinajstić information content (AvgIpc) is 2.57. The van der Waals surface area contributed by atoms with Gasteiger partial charge in [-0.05, 0) is 51.5 Å². The number of hydrogen-bond acceptors (Lipinski definition) is 6. The van der Waals surface area contributed by atoms with E-state index in [0.29, 0.717) is 12.0 Å². The van der Waals surface area contributed by atoms with Crippen LogP contribution in [0.2, 0.25) is 0 Å². The van der Waals surface area contributed by atoms with E-state index in [2.05, 4.69) is 70.5 Å². The Hall–Kier alpha value is -2.37. The molecule has 2 rings (SSSR count). The zero-order valence-electron chi connectivity index (χ0n) is 14.4. The topological polar surface area (TPSA) is 66.0 Å². The first-order valence-corrected chi connectivity index (χ1v) is 8.24. The van der Waals surface area contributed by atoms with Crippen LogP contribution >= 0.6 is 0 Å². The molecule has 1 aromatic carbocycles. The molecule has 1 atom stereocenters. The molecule has 6 nitrogen and oxygen atoms in total. The van der Waals surface area contributed by atoms with Gasteiger partial charge in [-0.2, -0.15) is 10.1 Å². The Morgan fingerprint density at radius 3 is 2.39 bits per heavy atom. The lowest BCUT2D eigenvalue weighted by Crippen LogP contribution is -2.21. The van der Waals surface area contributed by atoms with E-state index in [1.54, 1.807) is 6.20 Å². The summed E-state index contributed by atoms with van der Waals surface area (Å²) < 4.78 is 0. The third-order valence-corrected chi connectivity index (χ3v) is 3.82. The molecule has 6 heteroatoms. The molecule has 0 spiro atoms. The molecule has 124 valence electrons. The third kappa shape index (κ3) is 4.81. The summed E-state index contributed by atoms with van der Waals surface area (Å²) in [5.41, 5.74) is 2.16. The Balaban J connectivity index is 2.05. The van der Waals surface area contributed by atoms with Gasteiger partial charge in [0, 0.05) is 30.5 Å². The molecule has 0 radical (unpaired) electrons. The Morgan fingerprint density at radius 1 is 1.09 bits per heavy atom. The zero-order chi connectivity index (χ0) is 16.7. The predicted molar refractivity (Wildman–Crippen MR) is 96.5 cm³/mol. The minimum absolute atomic E-state index is 0.355. The molecule has 0 saturated heterocycles. The Morgan fingerprint density at radius 2 is 1.78 bits per heavy atom. The van der Waals surface area contributed by atoms with Crippen molar-refractivity contribution in [2.75, 3.05) is 28.6 Å². The van der Waals surface area contributed by atoms with Gasteiger partial charge >= 0.3 is 0 Å². The van der Waals surface area contributed by atoms with Crippen molar-refractivity contribution in [2.24, 2.45) is 0 Å². The first kappa shape index (κ1) is 17.0. The van der Waals surface area contributed by atoms with Crippen molar-refractivity contribution in [3.63, 3.8) is 0 Å². The van der Waals surface area contributed by atoms with Crippen LogP contribution in [0, 0.1) is 0 Å². The standard InChI is InChI=1S/C17H26N6/c1-5-13(4)19-16-12-18-22-17(21-16)20-14-8-10-15(11-9-14)23(6-2)7-3/h8-13H,5-7H2,1-4H3,(H2,19,20,21,22). The molecule has 0 aliphatic rings. The normalized spacial score (nSPS) is 11.8. The maximum Gasteiger partial charge on any atom is 0.249 e. The maximum absolute atomic E-state index is 4.44. The van der Waals surface area contributed by atoms with E-state index in [9.17, 15) is 0 Å². The summed E-state index contributed by atoms with van der Waals surface area (Å²) in [7, 11) is 0. The summed E-state index contributed by atoms with van der Waals surface area (Å²) in [6.45, 7) is 10.6. The predicted octanol–water partition coefficient (Wildman–Crippen LogP) is 3.67. The molecule has 1 heterocycles. The number of nitrogens with one attached hydrogen (secondary N) is 2. The average molecular weight is 314 g/mol. The second kappa shape index (κ2) is 8.31. The highest BCUT2D eigenvalue weighted by Crippen LogP contribution is 2.20. The number of nitrogens with zero attached hydrogens (tertiary/aromatic N) is 4. The van der Waals surface area contributed by atoms with Crippen molar-refractivity contribution >= 4 is 23.1 Å². The van der Waals surface area contributed by atoms with Crippen molar-refractivity contribution in [3.05, 3.63) is 30.5 Å². The SMILES string of the molecule is CCC(C)Nc1cnnc(Nc2ccc(N(CC)CC)cc2)n1. The van der Waals surface area contributed by atoms with Crippen LogP contribution in [0.4, 0.5) is 23.1 Å². The van der Waals surface area contributed by atoms with E-state index in [4.69, 9.17) is 0 Å². The smallest absolute Gasteiger partial charge is 0.249 e. The summed E-state index contributed by atoms with van der Waals surface area (Å²) in [4.78, 5) is 6.74. The molecule has 23 heavy (non-hydrogen) atoms. The highest BCUT2D eigenvalue weighted by atomic mass is 15.3. The van der Waals surface area contributed by atoms with Crippen molar-refractivity contribution in [1.29, 1.82) is 0 Å². The molecule has 0 amide bonds. The van der Waals surface area contributed by atoms with Gasteiger partial charge in [-0.15, -0.1) is 5.10 Å². The van der Waals surface area contributed by atoms with E-state index < -0.39 is 0 Å². The molecule has 0 aliphatic carbocycles. The van der Waals surface area contributed by atoms with E-state index in [1.807, 2.05) is 12.1 Å². The molecule has 0 bridgehead atoms. The van der Waals surface area contributed by atoms with Crippen LogP contribution in [0.25, 0.3) is 0 Å². The molecule has 0 saturated carbocycles. The first-order chi connectivity index (χ1) is 11.2. The van der Waals surface area contributed by atoms with Crippen molar-refractivity contribution in [3.8, 4) is 0 Å². The fraction of sp³-hybridized carbons (Fsp3) is 0.471. The number of hydrogen-bond donors (Lipinski definition) is 2. The molecular formula is C17H26N6. The highest BCUT2D eigenvalue weighted by molar-refractivity contribution is 5.59. The zero-order valence-corrected chi connectivity index (χ0v) is 14.4. The van der Waals surface area contributed by atoms with Crippen molar-refractivity contribution in [2.45, 2.75) is 40.2 Å². The van der Waals surface area contributed by atoms with Crippen molar-refractivity contribution < 1.29 is 0 Å². The summed E-state index contributed by atoms with van der Waals surface area (Å²) in [6.07, 6.45) is 2.67.